The van der Waals surface area contributed by atoms with Crippen LogP contribution in [0.3, 0.4) is 0 Å². The van der Waals surface area contributed by atoms with Crippen molar-refractivity contribution >= 4 is 23.4 Å². The summed E-state index contributed by atoms with van der Waals surface area (Å²) in [4.78, 5) is 13.5. The molecule has 22 heavy (non-hydrogen) atoms. The summed E-state index contributed by atoms with van der Waals surface area (Å²) in [5, 5.41) is 2.99. The molecule has 0 aliphatic rings. The van der Waals surface area contributed by atoms with Crippen molar-refractivity contribution in [1.29, 1.82) is 0 Å². The third-order valence-corrected chi connectivity index (χ3v) is 4.86. The van der Waals surface area contributed by atoms with E-state index in [1.165, 1.54) is 0 Å². The number of benzene rings is 2. The van der Waals surface area contributed by atoms with Gasteiger partial charge in [-0.3, -0.25) is 4.79 Å². The number of nitrogens with two attached hydrogens (primary N) is 1. The molecule has 2 aromatic carbocycles. The average Bonchev–Trinajstić information content (AvgIpc) is 2.55. The van der Waals surface area contributed by atoms with Crippen LogP contribution in [0.25, 0.3) is 0 Å². The van der Waals surface area contributed by atoms with Gasteiger partial charge in [0.1, 0.15) is 0 Å². The second-order valence-corrected chi connectivity index (χ2v) is 6.50. The van der Waals surface area contributed by atoms with Gasteiger partial charge in [0, 0.05) is 10.6 Å². The van der Waals surface area contributed by atoms with Crippen molar-refractivity contribution in [3.8, 4) is 0 Å². The molecule has 3 N–H and O–H groups in total. The Hall–Kier alpha value is -1.94. The summed E-state index contributed by atoms with van der Waals surface area (Å²) in [7, 11) is 0. The lowest BCUT2D eigenvalue weighted by Crippen LogP contribution is -2.34. The molecule has 0 spiro atoms. The van der Waals surface area contributed by atoms with E-state index in [1.54, 1.807) is 11.8 Å². The number of nitrogen functional groups attached to an aromatic ring is 1. The van der Waals surface area contributed by atoms with Gasteiger partial charge in [-0.2, -0.15) is 0 Å². The first kappa shape index (κ1) is 16.4. The van der Waals surface area contributed by atoms with Gasteiger partial charge in [-0.1, -0.05) is 37.3 Å². The Morgan fingerprint density at radius 2 is 1.77 bits per heavy atom. The highest BCUT2D eigenvalue weighted by Gasteiger charge is 2.20. The lowest BCUT2D eigenvalue weighted by Gasteiger charge is -2.19. The van der Waals surface area contributed by atoms with Gasteiger partial charge in [-0.05, 0) is 43.2 Å². The summed E-state index contributed by atoms with van der Waals surface area (Å²) in [5.74, 6) is 0.0701. The lowest BCUT2D eigenvalue weighted by molar-refractivity contribution is -0.121. The van der Waals surface area contributed by atoms with Gasteiger partial charge in [0.05, 0.1) is 11.3 Å². The molecule has 1 amide bonds. The SMILES string of the molecule is CCC(Sc1ccc(N)cc1)C(=O)NC(C)c1ccccc1. The van der Waals surface area contributed by atoms with Crippen LogP contribution in [0.15, 0.2) is 59.5 Å². The van der Waals surface area contributed by atoms with Crippen molar-refractivity contribution in [3.63, 3.8) is 0 Å². The van der Waals surface area contributed by atoms with Crippen LogP contribution in [-0.2, 0) is 4.79 Å². The predicted octanol–water partition coefficient (Wildman–Crippen LogP) is 4.02. The second-order valence-electron chi connectivity index (χ2n) is 5.22. The normalized spacial score (nSPS) is 13.4. The van der Waals surface area contributed by atoms with E-state index in [-0.39, 0.29) is 17.2 Å². The van der Waals surface area contributed by atoms with Crippen LogP contribution in [0.4, 0.5) is 5.69 Å². The quantitative estimate of drug-likeness (QED) is 0.625. The maximum absolute atomic E-state index is 12.5. The maximum atomic E-state index is 12.5. The largest absolute Gasteiger partial charge is 0.399 e. The summed E-state index contributed by atoms with van der Waals surface area (Å²) in [6, 6.07) is 17.6. The van der Waals surface area contributed by atoms with E-state index in [9.17, 15) is 4.79 Å². The van der Waals surface area contributed by atoms with Crippen molar-refractivity contribution in [2.24, 2.45) is 0 Å². The van der Waals surface area contributed by atoms with E-state index in [4.69, 9.17) is 5.73 Å². The van der Waals surface area contributed by atoms with Crippen molar-refractivity contribution in [2.45, 2.75) is 36.5 Å². The van der Waals surface area contributed by atoms with E-state index in [1.807, 2.05) is 68.4 Å². The highest BCUT2D eigenvalue weighted by atomic mass is 32.2. The molecule has 0 heterocycles. The highest BCUT2D eigenvalue weighted by Crippen LogP contribution is 2.27. The van der Waals surface area contributed by atoms with E-state index in [0.717, 1.165) is 22.6 Å². The van der Waals surface area contributed by atoms with Crippen molar-refractivity contribution in [3.05, 3.63) is 60.2 Å². The van der Waals surface area contributed by atoms with Gasteiger partial charge in [0.25, 0.3) is 0 Å². The first-order valence-corrected chi connectivity index (χ1v) is 8.35. The molecule has 0 saturated heterocycles. The summed E-state index contributed by atoms with van der Waals surface area (Å²) in [6.07, 6.45) is 0.780. The molecule has 0 bridgehead atoms. The molecule has 2 aromatic rings. The van der Waals surface area contributed by atoms with Crippen molar-refractivity contribution < 1.29 is 4.79 Å². The molecule has 4 heteroatoms. The van der Waals surface area contributed by atoms with Crippen molar-refractivity contribution in [2.75, 3.05) is 5.73 Å². The summed E-state index contributed by atoms with van der Waals surface area (Å²) < 4.78 is 0. The second kappa shape index (κ2) is 7.90. The van der Waals surface area contributed by atoms with Crippen LogP contribution in [0, 0.1) is 0 Å². The molecule has 0 saturated carbocycles. The van der Waals surface area contributed by atoms with Crippen LogP contribution in [0.1, 0.15) is 31.9 Å². The number of anilines is 1. The van der Waals surface area contributed by atoms with Crippen LogP contribution < -0.4 is 11.1 Å². The number of hydrogen-bond acceptors (Lipinski definition) is 3. The Bertz CT molecular complexity index is 598. The molecule has 116 valence electrons. The third kappa shape index (κ3) is 4.53. The lowest BCUT2D eigenvalue weighted by atomic mass is 10.1. The number of hydrogen-bond donors (Lipinski definition) is 2. The number of carbonyl (C=O) groups is 1. The standard InChI is InChI=1S/C18H22N2OS/c1-3-17(22-16-11-9-15(19)10-12-16)18(21)20-13(2)14-7-5-4-6-8-14/h4-13,17H,3,19H2,1-2H3,(H,20,21). The zero-order valence-electron chi connectivity index (χ0n) is 13.0. The fraction of sp³-hybridized carbons (Fsp3) is 0.278. The van der Waals surface area contributed by atoms with E-state index < -0.39 is 0 Å². The molecule has 2 atom stereocenters. The van der Waals surface area contributed by atoms with Crippen LogP contribution in [0.2, 0.25) is 0 Å². The molecule has 0 aliphatic heterocycles. The molecule has 0 aromatic heterocycles. The summed E-state index contributed by atoms with van der Waals surface area (Å²) in [5.41, 5.74) is 7.54. The molecule has 0 radical (unpaired) electrons. The Labute approximate surface area is 136 Å². The Morgan fingerprint density at radius 1 is 1.14 bits per heavy atom. The Kier molecular flexibility index (Phi) is 5.90. The van der Waals surface area contributed by atoms with Gasteiger partial charge < -0.3 is 11.1 Å². The monoisotopic (exact) mass is 314 g/mol. The van der Waals surface area contributed by atoms with Gasteiger partial charge in [0.15, 0.2) is 0 Å². The van der Waals surface area contributed by atoms with E-state index in [0.29, 0.717) is 0 Å². The number of nitrogens with one attached hydrogen (secondary N) is 1. The molecule has 0 aliphatic carbocycles. The molecular formula is C18H22N2OS. The fourth-order valence-electron chi connectivity index (χ4n) is 2.16. The topological polar surface area (TPSA) is 55.1 Å². The predicted molar refractivity (Wildman–Crippen MR) is 93.8 cm³/mol. The van der Waals surface area contributed by atoms with Crippen molar-refractivity contribution in [1.82, 2.24) is 5.32 Å². The average molecular weight is 314 g/mol. The zero-order chi connectivity index (χ0) is 15.9. The minimum atomic E-state index is -0.102. The Morgan fingerprint density at radius 3 is 2.36 bits per heavy atom. The van der Waals surface area contributed by atoms with Gasteiger partial charge in [-0.25, -0.2) is 0 Å². The minimum absolute atomic E-state index is 0.00904. The zero-order valence-corrected chi connectivity index (χ0v) is 13.8. The minimum Gasteiger partial charge on any atom is -0.399 e. The first-order valence-electron chi connectivity index (χ1n) is 7.47. The van der Waals surface area contributed by atoms with E-state index >= 15 is 0 Å². The van der Waals surface area contributed by atoms with Gasteiger partial charge in [0.2, 0.25) is 5.91 Å². The fourth-order valence-corrected chi connectivity index (χ4v) is 3.13. The van der Waals surface area contributed by atoms with Gasteiger partial charge >= 0.3 is 0 Å². The van der Waals surface area contributed by atoms with Crippen LogP contribution in [0.5, 0.6) is 0 Å². The summed E-state index contributed by atoms with van der Waals surface area (Å²) in [6.45, 7) is 4.04. The highest BCUT2D eigenvalue weighted by molar-refractivity contribution is 8.00. The van der Waals surface area contributed by atoms with Crippen LogP contribution in [-0.4, -0.2) is 11.2 Å². The van der Waals surface area contributed by atoms with Gasteiger partial charge in [-0.15, -0.1) is 11.8 Å². The van der Waals surface area contributed by atoms with E-state index in [2.05, 4.69) is 5.32 Å². The first-order chi connectivity index (χ1) is 10.6. The molecule has 2 unspecified atom stereocenters. The molecular weight excluding hydrogens is 292 g/mol. The third-order valence-electron chi connectivity index (χ3n) is 3.48. The molecule has 2 rings (SSSR count). The summed E-state index contributed by atoms with van der Waals surface area (Å²) >= 11 is 1.58. The Balaban J connectivity index is 1.98. The number of thioether (sulfide) groups is 1. The smallest absolute Gasteiger partial charge is 0.233 e. The molecule has 3 nitrogen and oxygen atoms in total. The maximum Gasteiger partial charge on any atom is 0.233 e. The molecule has 0 fully saturated rings. The number of carbonyl (C=O) groups excluding carboxylic acids is 1. The number of amides is 1. The van der Waals surface area contributed by atoms with Crippen LogP contribution >= 0.6 is 11.8 Å². The number of rotatable bonds is 6.